The molecule has 0 saturated heterocycles. The van der Waals surface area contributed by atoms with Crippen molar-refractivity contribution in [1.82, 2.24) is 19.3 Å². The van der Waals surface area contributed by atoms with E-state index in [0.717, 1.165) is 16.8 Å². The molecule has 0 aliphatic rings. The molecule has 0 unspecified atom stereocenters. The minimum absolute atomic E-state index is 0.396. The summed E-state index contributed by atoms with van der Waals surface area (Å²) in [6.07, 6.45) is 1.74. The molecule has 2 aromatic carbocycles. The SMILES string of the molecule is Cc1nn(-c2ccccc2)c2nc(=O)n(-c3ccccc3Cl)cc12. The first-order valence-corrected chi connectivity index (χ1v) is 7.82. The van der Waals surface area contributed by atoms with Crippen molar-refractivity contribution in [2.24, 2.45) is 0 Å². The lowest BCUT2D eigenvalue weighted by atomic mass is 10.3. The molecule has 2 heterocycles. The van der Waals surface area contributed by atoms with E-state index in [1.54, 1.807) is 23.0 Å². The van der Waals surface area contributed by atoms with Crippen LogP contribution < -0.4 is 5.69 Å². The minimum Gasteiger partial charge on any atom is -0.266 e. The number of halogens is 1. The highest BCUT2D eigenvalue weighted by atomic mass is 35.5. The normalized spacial score (nSPS) is 11.1. The number of aromatic nitrogens is 4. The molecule has 0 bridgehead atoms. The maximum atomic E-state index is 12.5. The molecule has 0 spiro atoms. The second-order valence-electron chi connectivity index (χ2n) is 5.41. The summed E-state index contributed by atoms with van der Waals surface area (Å²) in [4.78, 5) is 16.8. The van der Waals surface area contributed by atoms with Crippen molar-refractivity contribution in [2.45, 2.75) is 6.92 Å². The van der Waals surface area contributed by atoms with Gasteiger partial charge in [-0.25, -0.2) is 9.48 Å². The molecule has 2 aromatic heterocycles. The van der Waals surface area contributed by atoms with Crippen LogP contribution in [0.4, 0.5) is 0 Å². The highest BCUT2D eigenvalue weighted by Gasteiger charge is 2.14. The van der Waals surface area contributed by atoms with Crippen molar-refractivity contribution < 1.29 is 0 Å². The number of rotatable bonds is 2. The molecule has 0 atom stereocenters. The average Bonchev–Trinajstić information content (AvgIpc) is 2.92. The number of nitrogens with zero attached hydrogens (tertiary/aromatic N) is 4. The minimum atomic E-state index is -0.396. The van der Waals surface area contributed by atoms with Crippen molar-refractivity contribution in [3.05, 3.63) is 82.0 Å². The van der Waals surface area contributed by atoms with Crippen LogP contribution in [0.15, 0.2) is 65.6 Å². The van der Waals surface area contributed by atoms with Crippen molar-refractivity contribution in [3.63, 3.8) is 0 Å². The van der Waals surface area contributed by atoms with Gasteiger partial charge in [0.15, 0.2) is 5.65 Å². The number of hydrogen-bond acceptors (Lipinski definition) is 3. The summed E-state index contributed by atoms with van der Waals surface area (Å²) < 4.78 is 3.14. The van der Waals surface area contributed by atoms with Crippen molar-refractivity contribution in [1.29, 1.82) is 0 Å². The first-order valence-electron chi connectivity index (χ1n) is 7.44. The van der Waals surface area contributed by atoms with Crippen LogP contribution in [-0.2, 0) is 0 Å². The number of benzene rings is 2. The van der Waals surface area contributed by atoms with E-state index < -0.39 is 5.69 Å². The van der Waals surface area contributed by atoms with E-state index in [-0.39, 0.29) is 0 Å². The third-order valence-corrected chi connectivity index (χ3v) is 4.18. The lowest BCUT2D eigenvalue weighted by molar-refractivity contribution is 0.863. The van der Waals surface area contributed by atoms with Gasteiger partial charge in [-0.1, -0.05) is 41.9 Å². The number of fused-ring (bicyclic) bond motifs is 1. The van der Waals surface area contributed by atoms with Crippen LogP contribution >= 0.6 is 11.6 Å². The second kappa shape index (κ2) is 5.62. The van der Waals surface area contributed by atoms with Crippen LogP contribution in [0, 0.1) is 6.92 Å². The Labute approximate surface area is 142 Å². The summed E-state index contributed by atoms with van der Waals surface area (Å²) >= 11 is 6.21. The summed E-state index contributed by atoms with van der Waals surface area (Å²) in [5, 5.41) is 5.83. The second-order valence-corrected chi connectivity index (χ2v) is 5.82. The first-order chi connectivity index (χ1) is 11.6. The Morgan fingerprint density at radius 2 is 1.71 bits per heavy atom. The first kappa shape index (κ1) is 14.7. The van der Waals surface area contributed by atoms with E-state index in [4.69, 9.17) is 11.6 Å². The van der Waals surface area contributed by atoms with E-state index in [9.17, 15) is 4.79 Å². The van der Waals surface area contributed by atoms with Gasteiger partial charge in [0, 0.05) is 6.20 Å². The zero-order chi connectivity index (χ0) is 16.7. The lowest BCUT2D eigenvalue weighted by Crippen LogP contribution is -2.21. The predicted octanol–water partition coefficient (Wildman–Crippen LogP) is 3.53. The molecule has 4 rings (SSSR count). The molecule has 4 aromatic rings. The zero-order valence-corrected chi connectivity index (χ0v) is 13.6. The van der Waals surface area contributed by atoms with E-state index in [1.165, 1.54) is 4.57 Å². The molecule has 0 amide bonds. The van der Waals surface area contributed by atoms with Crippen LogP contribution in [0.1, 0.15) is 5.69 Å². The summed E-state index contributed by atoms with van der Waals surface area (Å²) in [6.45, 7) is 1.89. The Bertz CT molecular complexity index is 1100. The smallest absolute Gasteiger partial charge is 0.266 e. The molecular weight excluding hydrogens is 324 g/mol. The Morgan fingerprint density at radius 1 is 1.00 bits per heavy atom. The molecule has 0 saturated carbocycles. The Hall–Kier alpha value is -2.92. The van der Waals surface area contributed by atoms with Gasteiger partial charge < -0.3 is 0 Å². The van der Waals surface area contributed by atoms with E-state index in [1.807, 2.05) is 49.4 Å². The standard InChI is InChI=1S/C18H13ClN4O/c1-12-14-11-22(16-10-6-5-9-15(16)19)18(24)20-17(14)23(21-12)13-7-3-2-4-8-13/h2-11H,1H3. The molecule has 0 aliphatic carbocycles. The molecule has 0 aliphatic heterocycles. The Morgan fingerprint density at radius 3 is 2.46 bits per heavy atom. The van der Waals surface area contributed by atoms with Crippen molar-refractivity contribution in [2.75, 3.05) is 0 Å². The number of hydrogen-bond donors (Lipinski definition) is 0. The van der Waals surface area contributed by atoms with Gasteiger partial charge in [-0.05, 0) is 31.2 Å². The van der Waals surface area contributed by atoms with Crippen LogP contribution in [0.3, 0.4) is 0 Å². The predicted molar refractivity (Wildman–Crippen MR) is 94.2 cm³/mol. The van der Waals surface area contributed by atoms with Crippen LogP contribution in [0.5, 0.6) is 0 Å². The molecule has 24 heavy (non-hydrogen) atoms. The fraction of sp³-hybridized carbons (Fsp3) is 0.0556. The van der Waals surface area contributed by atoms with Crippen molar-refractivity contribution in [3.8, 4) is 11.4 Å². The molecule has 0 N–H and O–H groups in total. The van der Waals surface area contributed by atoms with Crippen LogP contribution in [0.25, 0.3) is 22.4 Å². The van der Waals surface area contributed by atoms with Gasteiger partial charge >= 0.3 is 5.69 Å². The zero-order valence-electron chi connectivity index (χ0n) is 12.8. The number of para-hydroxylation sites is 2. The largest absolute Gasteiger partial charge is 0.354 e. The van der Waals surface area contributed by atoms with E-state index in [2.05, 4.69) is 10.1 Å². The summed E-state index contributed by atoms with van der Waals surface area (Å²) in [7, 11) is 0. The third-order valence-electron chi connectivity index (χ3n) is 3.86. The van der Waals surface area contributed by atoms with Gasteiger partial charge in [-0.3, -0.25) is 4.57 Å². The van der Waals surface area contributed by atoms with Crippen LogP contribution in [0.2, 0.25) is 5.02 Å². The molecule has 6 heteroatoms. The Kier molecular flexibility index (Phi) is 3.43. The fourth-order valence-corrected chi connectivity index (χ4v) is 2.91. The monoisotopic (exact) mass is 336 g/mol. The number of aryl methyl sites for hydroxylation is 1. The van der Waals surface area contributed by atoms with Crippen molar-refractivity contribution >= 4 is 22.6 Å². The average molecular weight is 337 g/mol. The molecule has 118 valence electrons. The topological polar surface area (TPSA) is 52.7 Å². The van der Waals surface area contributed by atoms with Gasteiger partial charge in [-0.15, -0.1) is 0 Å². The molecule has 5 nitrogen and oxygen atoms in total. The Balaban J connectivity index is 2.00. The highest BCUT2D eigenvalue weighted by molar-refractivity contribution is 6.32. The van der Waals surface area contributed by atoms with Crippen LogP contribution in [-0.4, -0.2) is 19.3 Å². The van der Waals surface area contributed by atoms with Gasteiger partial charge in [0.25, 0.3) is 0 Å². The lowest BCUT2D eigenvalue weighted by Gasteiger charge is -2.07. The van der Waals surface area contributed by atoms with E-state index in [0.29, 0.717) is 16.4 Å². The van der Waals surface area contributed by atoms with Gasteiger partial charge in [-0.2, -0.15) is 10.1 Å². The highest BCUT2D eigenvalue weighted by Crippen LogP contribution is 2.22. The molecular formula is C18H13ClN4O. The van der Waals surface area contributed by atoms with E-state index >= 15 is 0 Å². The molecule has 0 radical (unpaired) electrons. The quantitative estimate of drug-likeness (QED) is 0.562. The summed E-state index contributed by atoms with van der Waals surface area (Å²) in [6, 6.07) is 16.8. The fourth-order valence-electron chi connectivity index (χ4n) is 2.68. The van der Waals surface area contributed by atoms with Gasteiger partial charge in [0.2, 0.25) is 0 Å². The summed E-state index contributed by atoms with van der Waals surface area (Å²) in [5.74, 6) is 0. The molecule has 0 fully saturated rings. The maximum Gasteiger partial charge on any atom is 0.354 e. The maximum absolute atomic E-state index is 12.5. The summed E-state index contributed by atoms with van der Waals surface area (Å²) in [5.41, 5.74) is 2.39. The van der Waals surface area contributed by atoms with Gasteiger partial charge in [0.1, 0.15) is 0 Å². The third kappa shape index (κ3) is 2.30. The van der Waals surface area contributed by atoms with Gasteiger partial charge in [0.05, 0.1) is 27.5 Å².